The molecule has 3 aromatic rings. The number of aromatic nitrogens is 3. The molecule has 24 heavy (non-hydrogen) atoms. The fourth-order valence-electron chi connectivity index (χ4n) is 1.96. The van der Waals surface area contributed by atoms with E-state index in [9.17, 15) is 4.79 Å². The van der Waals surface area contributed by atoms with Gasteiger partial charge in [-0.2, -0.15) is 9.90 Å². The molecule has 0 aliphatic rings. The number of benzene rings is 2. The lowest BCUT2D eigenvalue weighted by atomic mass is 10.3. The Labute approximate surface area is 152 Å². The van der Waals surface area contributed by atoms with Gasteiger partial charge in [-0.25, -0.2) is 0 Å². The molecular weight excluding hydrogens is 392 g/mol. The standard InChI is InChI=1S/C17H12BrClN4O/c18-12-6-8-16(15(19)10-12)21-17(24)9-7-13-11-20-23(22-13)14-4-2-1-3-5-14/h1-11H,(H,21,24)/b9-7+. The van der Waals surface area contributed by atoms with E-state index in [2.05, 4.69) is 31.4 Å². The highest BCUT2D eigenvalue weighted by atomic mass is 79.9. The van der Waals surface area contributed by atoms with Crippen LogP contribution in [0.25, 0.3) is 11.8 Å². The molecule has 0 bridgehead atoms. The van der Waals surface area contributed by atoms with Gasteiger partial charge in [0, 0.05) is 10.5 Å². The third-order valence-electron chi connectivity index (χ3n) is 3.09. The zero-order valence-corrected chi connectivity index (χ0v) is 14.7. The molecule has 0 aliphatic heterocycles. The fourth-order valence-corrected chi connectivity index (χ4v) is 2.68. The average Bonchev–Trinajstić information content (AvgIpc) is 3.05. The first-order chi connectivity index (χ1) is 11.6. The monoisotopic (exact) mass is 402 g/mol. The number of anilines is 1. The lowest BCUT2D eigenvalue weighted by Gasteiger charge is -2.04. The first kappa shape index (κ1) is 16.4. The summed E-state index contributed by atoms with van der Waals surface area (Å²) in [4.78, 5) is 13.5. The first-order valence-corrected chi connectivity index (χ1v) is 8.21. The number of amides is 1. The molecule has 7 heteroatoms. The van der Waals surface area contributed by atoms with Gasteiger partial charge in [-0.1, -0.05) is 45.7 Å². The lowest BCUT2D eigenvalue weighted by molar-refractivity contribution is -0.111. The fraction of sp³-hybridized carbons (Fsp3) is 0. The number of nitrogens with zero attached hydrogens (tertiary/aromatic N) is 3. The van der Waals surface area contributed by atoms with E-state index in [-0.39, 0.29) is 5.91 Å². The molecule has 2 aromatic carbocycles. The highest BCUT2D eigenvalue weighted by Gasteiger charge is 2.04. The summed E-state index contributed by atoms with van der Waals surface area (Å²) in [5.41, 5.74) is 1.97. The molecule has 0 atom stereocenters. The van der Waals surface area contributed by atoms with Crippen LogP contribution < -0.4 is 5.32 Å². The molecule has 0 saturated heterocycles. The Morgan fingerprint density at radius 3 is 2.75 bits per heavy atom. The summed E-state index contributed by atoms with van der Waals surface area (Å²) in [6.07, 6.45) is 4.57. The minimum absolute atomic E-state index is 0.298. The third-order valence-corrected chi connectivity index (χ3v) is 3.90. The second-order valence-corrected chi connectivity index (χ2v) is 6.16. The van der Waals surface area contributed by atoms with Gasteiger partial charge < -0.3 is 5.32 Å². The number of para-hydroxylation sites is 1. The molecule has 0 unspecified atom stereocenters. The summed E-state index contributed by atoms with van der Waals surface area (Å²) in [5, 5.41) is 11.6. The van der Waals surface area contributed by atoms with E-state index >= 15 is 0 Å². The zero-order chi connectivity index (χ0) is 16.9. The van der Waals surface area contributed by atoms with Crippen LogP contribution in [0.4, 0.5) is 5.69 Å². The van der Waals surface area contributed by atoms with Crippen LogP contribution in [-0.4, -0.2) is 20.9 Å². The largest absolute Gasteiger partial charge is 0.321 e. The SMILES string of the molecule is O=C(/C=C/c1cnn(-c2ccccc2)n1)Nc1ccc(Br)cc1Cl. The predicted molar refractivity (Wildman–Crippen MR) is 98.2 cm³/mol. The minimum atomic E-state index is -0.298. The summed E-state index contributed by atoms with van der Waals surface area (Å²) >= 11 is 9.38. The molecule has 3 rings (SSSR count). The predicted octanol–water partition coefficient (Wildman–Crippen LogP) is 4.34. The third kappa shape index (κ3) is 4.10. The van der Waals surface area contributed by atoms with Crippen molar-refractivity contribution in [3.8, 4) is 5.69 Å². The second-order valence-electron chi connectivity index (χ2n) is 4.84. The zero-order valence-electron chi connectivity index (χ0n) is 12.4. The molecule has 1 amide bonds. The number of halogens is 2. The molecule has 0 spiro atoms. The van der Waals surface area contributed by atoms with Crippen LogP contribution in [0.15, 0.2) is 65.3 Å². The molecular formula is C17H12BrClN4O. The Morgan fingerprint density at radius 2 is 2.00 bits per heavy atom. The Morgan fingerprint density at radius 1 is 1.21 bits per heavy atom. The molecule has 1 heterocycles. The summed E-state index contributed by atoms with van der Waals surface area (Å²) in [5.74, 6) is -0.298. The van der Waals surface area contributed by atoms with Gasteiger partial charge in [-0.15, -0.1) is 5.10 Å². The molecule has 0 radical (unpaired) electrons. The first-order valence-electron chi connectivity index (χ1n) is 7.04. The second kappa shape index (κ2) is 7.42. The van der Waals surface area contributed by atoms with Crippen molar-refractivity contribution < 1.29 is 4.79 Å². The Hall–Kier alpha value is -2.44. The topological polar surface area (TPSA) is 59.8 Å². The molecule has 1 N–H and O–H groups in total. The summed E-state index contributed by atoms with van der Waals surface area (Å²) in [6, 6.07) is 14.8. The number of hydrogen-bond acceptors (Lipinski definition) is 3. The van der Waals surface area contributed by atoms with Crippen LogP contribution in [0.2, 0.25) is 5.02 Å². The van der Waals surface area contributed by atoms with Gasteiger partial charge in [-0.3, -0.25) is 4.79 Å². The normalized spacial score (nSPS) is 10.9. The maximum absolute atomic E-state index is 12.0. The van der Waals surface area contributed by atoms with Crippen molar-refractivity contribution in [1.29, 1.82) is 0 Å². The van der Waals surface area contributed by atoms with Crippen LogP contribution in [0.3, 0.4) is 0 Å². The Balaban J connectivity index is 1.67. The van der Waals surface area contributed by atoms with E-state index in [0.29, 0.717) is 16.4 Å². The molecule has 0 saturated carbocycles. The van der Waals surface area contributed by atoms with Crippen molar-refractivity contribution in [3.05, 3.63) is 76.0 Å². The molecule has 5 nitrogen and oxygen atoms in total. The molecule has 0 aliphatic carbocycles. The number of hydrogen-bond donors (Lipinski definition) is 1. The summed E-state index contributed by atoms with van der Waals surface area (Å²) in [7, 11) is 0. The lowest BCUT2D eigenvalue weighted by Crippen LogP contribution is -2.08. The van der Waals surface area contributed by atoms with Crippen LogP contribution in [0.5, 0.6) is 0 Å². The average molecular weight is 404 g/mol. The van der Waals surface area contributed by atoms with Gasteiger partial charge in [0.05, 0.1) is 22.6 Å². The van der Waals surface area contributed by atoms with Gasteiger partial charge in [0.25, 0.3) is 0 Å². The van der Waals surface area contributed by atoms with E-state index in [4.69, 9.17) is 11.6 Å². The highest BCUT2D eigenvalue weighted by Crippen LogP contribution is 2.25. The van der Waals surface area contributed by atoms with E-state index in [1.165, 1.54) is 10.9 Å². The maximum atomic E-state index is 12.0. The van der Waals surface area contributed by atoms with Crippen molar-refractivity contribution in [2.75, 3.05) is 5.32 Å². The van der Waals surface area contributed by atoms with E-state index < -0.39 is 0 Å². The van der Waals surface area contributed by atoms with Crippen molar-refractivity contribution >= 4 is 45.2 Å². The number of carbonyl (C=O) groups is 1. The van der Waals surface area contributed by atoms with Gasteiger partial charge in [0.1, 0.15) is 5.69 Å². The van der Waals surface area contributed by atoms with Crippen molar-refractivity contribution in [3.63, 3.8) is 0 Å². The highest BCUT2D eigenvalue weighted by molar-refractivity contribution is 9.10. The molecule has 0 fully saturated rings. The Bertz CT molecular complexity index is 893. The molecule has 1 aromatic heterocycles. The number of nitrogens with one attached hydrogen (secondary N) is 1. The van der Waals surface area contributed by atoms with E-state index in [1.807, 2.05) is 30.3 Å². The van der Waals surface area contributed by atoms with Crippen LogP contribution in [0.1, 0.15) is 5.69 Å². The van der Waals surface area contributed by atoms with Crippen molar-refractivity contribution in [2.24, 2.45) is 0 Å². The quantitative estimate of drug-likeness (QED) is 0.659. The van der Waals surface area contributed by atoms with Gasteiger partial charge in [0.2, 0.25) is 5.91 Å². The molecule has 120 valence electrons. The summed E-state index contributed by atoms with van der Waals surface area (Å²) in [6.45, 7) is 0. The van der Waals surface area contributed by atoms with Gasteiger partial charge >= 0.3 is 0 Å². The van der Waals surface area contributed by atoms with Gasteiger partial charge in [0.15, 0.2) is 0 Å². The number of rotatable bonds is 4. The van der Waals surface area contributed by atoms with E-state index in [1.54, 1.807) is 30.5 Å². The maximum Gasteiger partial charge on any atom is 0.248 e. The van der Waals surface area contributed by atoms with Crippen molar-refractivity contribution in [1.82, 2.24) is 15.0 Å². The minimum Gasteiger partial charge on any atom is -0.321 e. The van der Waals surface area contributed by atoms with Gasteiger partial charge in [-0.05, 0) is 36.4 Å². The number of carbonyl (C=O) groups excluding carboxylic acids is 1. The Kier molecular flexibility index (Phi) is 5.08. The summed E-state index contributed by atoms with van der Waals surface area (Å²) < 4.78 is 0.846. The van der Waals surface area contributed by atoms with E-state index in [0.717, 1.165) is 10.2 Å². The van der Waals surface area contributed by atoms with Crippen LogP contribution in [-0.2, 0) is 4.79 Å². The van der Waals surface area contributed by atoms with Crippen LogP contribution >= 0.6 is 27.5 Å². The van der Waals surface area contributed by atoms with Crippen molar-refractivity contribution in [2.45, 2.75) is 0 Å². The van der Waals surface area contributed by atoms with Crippen LogP contribution in [0, 0.1) is 0 Å². The smallest absolute Gasteiger partial charge is 0.248 e.